The highest BCUT2D eigenvalue weighted by Crippen LogP contribution is 2.48. The smallest absolute Gasteiger partial charge is 0.277 e. The molecule has 3 heterocycles. The molecule has 8 heteroatoms. The third-order valence-corrected chi connectivity index (χ3v) is 6.25. The summed E-state index contributed by atoms with van der Waals surface area (Å²) in [7, 11) is 0. The second-order valence-electron chi connectivity index (χ2n) is 6.17. The molecule has 0 saturated carbocycles. The maximum Gasteiger partial charge on any atom is 0.277 e. The number of carbonyl (C=O) groups is 1. The first-order chi connectivity index (χ1) is 14.3. The molecule has 6 nitrogen and oxygen atoms in total. The SMILES string of the molecule is O=C(CSc1nnc(-c2cccnc2)o1)N1c2ccccc2Sc2ccccc21. The van der Waals surface area contributed by atoms with Crippen molar-refractivity contribution in [3.05, 3.63) is 73.1 Å². The van der Waals surface area contributed by atoms with Gasteiger partial charge < -0.3 is 4.42 Å². The van der Waals surface area contributed by atoms with E-state index in [-0.39, 0.29) is 11.7 Å². The van der Waals surface area contributed by atoms with Gasteiger partial charge in [0.2, 0.25) is 11.8 Å². The first-order valence-corrected chi connectivity index (χ1v) is 10.7. The molecule has 1 aliphatic rings. The molecule has 5 rings (SSSR count). The summed E-state index contributed by atoms with van der Waals surface area (Å²) >= 11 is 2.90. The van der Waals surface area contributed by atoms with Crippen molar-refractivity contribution < 1.29 is 9.21 Å². The van der Waals surface area contributed by atoms with E-state index in [1.807, 2.05) is 54.6 Å². The minimum Gasteiger partial charge on any atom is -0.411 e. The van der Waals surface area contributed by atoms with Crippen LogP contribution in [0.15, 0.2) is 92.5 Å². The number of pyridine rings is 1. The molecule has 0 atom stereocenters. The third kappa shape index (κ3) is 3.52. The van der Waals surface area contributed by atoms with Gasteiger partial charge >= 0.3 is 0 Å². The van der Waals surface area contributed by atoms with Gasteiger partial charge in [0.1, 0.15) is 0 Å². The average Bonchev–Trinajstić information content (AvgIpc) is 3.25. The normalized spacial score (nSPS) is 12.3. The number of nitrogens with zero attached hydrogens (tertiary/aromatic N) is 4. The number of thioether (sulfide) groups is 1. The van der Waals surface area contributed by atoms with Crippen LogP contribution in [0.4, 0.5) is 11.4 Å². The molecule has 0 N–H and O–H groups in total. The standard InChI is InChI=1S/C21H14N4O2S2/c26-19(13-28-21-24-23-20(27-21)14-6-5-11-22-12-14)25-15-7-1-3-9-17(15)29-18-10-4-2-8-16(18)25/h1-12H,13H2. The number of hydrogen-bond donors (Lipinski definition) is 0. The molecule has 0 spiro atoms. The average molecular weight is 419 g/mol. The maximum absolute atomic E-state index is 13.2. The summed E-state index contributed by atoms with van der Waals surface area (Å²) in [4.78, 5) is 21.1. The molecular formula is C21H14N4O2S2. The van der Waals surface area contributed by atoms with Crippen molar-refractivity contribution in [2.45, 2.75) is 15.0 Å². The zero-order chi connectivity index (χ0) is 19.6. The molecule has 0 unspecified atom stereocenters. The highest BCUT2D eigenvalue weighted by molar-refractivity contribution is 8.00. The van der Waals surface area contributed by atoms with Gasteiger partial charge in [-0.25, -0.2) is 0 Å². The monoisotopic (exact) mass is 418 g/mol. The molecule has 2 aromatic heterocycles. The van der Waals surface area contributed by atoms with E-state index >= 15 is 0 Å². The lowest BCUT2D eigenvalue weighted by atomic mass is 10.2. The number of aromatic nitrogens is 3. The predicted octanol–water partition coefficient (Wildman–Crippen LogP) is 5.05. The number of carbonyl (C=O) groups excluding carboxylic acids is 1. The largest absolute Gasteiger partial charge is 0.411 e. The van der Waals surface area contributed by atoms with Crippen LogP contribution in [-0.2, 0) is 4.79 Å². The Morgan fingerprint density at radius 3 is 2.38 bits per heavy atom. The van der Waals surface area contributed by atoms with Crippen LogP contribution in [0.25, 0.3) is 11.5 Å². The Morgan fingerprint density at radius 1 is 0.966 bits per heavy atom. The number of benzene rings is 2. The Labute approximate surface area is 175 Å². The van der Waals surface area contributed by atoms with Crippen LogP contribution in [0, 0.1) is 0 Å². The molecule has 2 aromatic carbocycles. The Hall–Kier alpha value is -3.10. The van der Waals surface area contributed by atoms with Crippen molar-refractivity contribution in [1.82, 2.24) is 15.2 Å². The summed E-state index contributed by atoms with van der Waals surface area (Å²) in [6.07, 6.45) is 3.34. The van der Waals surface area contributed by atoms with Crippen molar-refractivity contribution in [2.24, 2.45) is 0 Å². The fourth-order valence-corrected chi connectivity index (χ4v) is 4.71. The van der Waals surface area contributed by atoms with Gasteiger partial charge in [0.25, 0.3) is 5.22 Å². The number of para-hydroxylation sites is 2. The van der Waals surface area contributed by atoms with Crippen LogP contribution in [0.1, 0.15) is 0 Å². The van der Waals surface area contributed by atoms with Gasteiger partial charge in [-0.1, -0.05) is 47.8 Å². The summed E-state index contributed by atoms with van der Waals surface area (Å²) in [5, 5.41) is 8.44. The fraction of sp³-hybridized carbons (Fsp3) is 0.0476. The van der Waals surface area contributed by atoms with Crippen LogP contribution in [0.3, 0.4) is 0 Å². The molecule has 142 valence electrons. The van der Waals surface area contributed by atoms with E-state index in [0.29, 0.717) is 11.1 Å². The van der Waals surface area contributed by atoms with Crippen molar-refractivity contribution >= 4 is 40.8 Å². The number of amides is 1. The predicted molar refractivity (Wildman–Crippen MR) is 112 cm³/mol. The van der Waals surface area contributed by atoms with E-state index in [0.717, 1.165) is 26.7 Å². The van der Waals surface area contributed by atoms with E-state index in [1.165, 1.54) is 11.8 Å². The second-order valence-corrected chi connectivity index (χ2v) is 8.18. The number of anilines is 2. The highest BCUT2D eigenvalue weighted by Gasteiger charge is 2.28. The first kappa shape index (κ1) is 18.0. The number of rotatable bonds is 4. The molecule has 1 aliphatic heterocycles. The maximum atomic E-state index is 13.2. The zero-order valence-electron chi connectivity index (χ0n) is 15.1. The summed E-state index contributed by atoms with van der Waals surface area (Å²) in [5.74, 6) is 0.525. The minimum absolute atomic E-state index is 0.0451. The Balaban J connectivity index is 1.37. The zero-order valence-corrected chi connectivity index (χ0v) is 16.7. The van der Waals surface area contributed by atoms with E-state index < -0.39 is 0 Å². The van der Waals surface area contributed by atoms with Crippen LogP contribution < -0.4 is 4.90 Å². The topological polar surface area (TPSA) is 72.1 Å². The van der Waals surface area contributed by atoms with E-state index in [4.69, 9.17) is 4.42 Å². The van der Waals surface area contributed by atoms with E-state index in [2.05, 4.69) is 15.2 Å². The van der Waals surface area contributed by atoms with Crippen LogP contribution >= 0.6 is 23.5 Å². The van der Waals surface area contributed by atoms with Gasteiger partial charge in [0, 0.05) is 22.2 Å². The molecule has 0 fully saturated rings. The first-order valence-electron chi connectivity index (χ1n) is 8.85. The highest BCUT2D eigenvalue weighted by atomic mass is 32.2. The lowest BCUT2D eigenvalue weighted by molar-refractivity contribution is -0.115. The van der Waals surface area contributed by atoms with Crippen LogP contribution in [0.2, 0.25) is 0 Å². The van der Waals surface area contributed by atoms with Crippen LogP contribution in [0.5, 0.6) is 0 Å². The Morgan fingerprint density at radius 2 is 1.69 bits per heavy atom. The lowest BCUT2D eigenvalue weighted by Gasteiger charge is -2.30. The van der Waals surface area contributed by atoms with Gasteiger partial charge in [-0.2, -0.15) is 0 Å². The molecule has 29 heavy (non-hydrogen) atoms. The van der Waals surface area contributed by atoms with Crippen molar-refractivity contribution in [3.63, 3.8) is 0 Å². The molecule has 0 aliphatic carbocycles. The summed E-state index contributed by atoms with van der Waals surface area (Å²) < 4.78 is 5.67. The van der Waals surface area contributed by atoms with Gasteiger partial charge in [-0.15, -0.1) is 10.2 Å². The molecule has 0 saturated heterocycles. The van der Waals surface area contributed by atoms with Gasteiger partial charge in [-0.05, 0) is 36.4 Å². The Bertz CT molecular complexity index is 1130. The van der Waals surface area contributed by atoms with E-state index in [1.54, 1.807) is 35.1 Å². The number of fused-ring (bicyclic) bond motifs is 2. The number of hydrogen-bond acceptors (Lipinski definition) is 7. The van der Waals surface area contributed by atoms with Crippen LogP contribution in [-0.4, -0.2) is 26.8 Å². The molecule has 1 amide bonds. The second kappa shape index (κ2) is 7.73. The van der Waals surface area contributed by atoms with Crippen molar-refractivity contribution in [2.75, 3.05) is 10.7 Å². The molecule has 4 aromatic rings. The lowest BCUT2D eigenvalue weighted by Crippen LogP contribution is -2.29. The summed E-state index contributed by atoms with van der Waals surface area (Å²) in [6, 6.07) is 19.5. The van der Waals surface area contributed by atoms with E-state index in [9.17, 15) is 4.79 Å². The minimum atomic E-state index is -0.0451. The van der Waals surface area contributed by atoms with Gasteiger partial charge in [0.15, 0.2) is 0 Å². The molecular weight excluding hydrogens is 404 g/mol. The van der Waals surface area contributed by atoms with Crippen molar-refractivity contribution in [3.8, 4) is 11.5 Å². The quantitative estimate of drug-likeness (QED) is 0.429. The van der Waals surface area contributed by atoms with Gasteiger partial charge in [0.05, 0.1) is 22.7 Å². The molecule has 0 bridgehead atoms. The summed E-state index contributed by atoms with van der Waals surface area (Å²) in [5.41, 5.74) is 2.53. The Kier molecular flexibility index (Phi) is 4.79. The fourth-order valence-electron chi connectivity index (χ4n) is 3.04. The van der Waals surface area contributed by atoms with Gasteiger partial charge in [-0.3, -0.25) is 14.7 Å². The molecule has 0 radical (unpaired) electrons. The third-order valence-electron chi connectivity index (χ3n) is 4.32. The summed E-state index contributed by atoms with van der Waals surface area (Å²) in [6.45, 7) is 0. The van der Waals surface area contributed by atoms with Crippen molar-refractivity contribution in [1.29, 1.82) is 0 Å².